The van der Waals surface area contributed by atoms with Crippen LogP contribution in [0.4, 0.5) is 0 Å². The van der Waals surface area contributed by atoms with Gasteiger partial charge in [-0.3, -0.25) is 0 Å². The van der Waals surface area contributed by atoms with E-state index in [2.05, 4.69) is 17.3 Å². The average molecular weight is 293 g/mol. The minimum atomic E-state index is 0.849. The lowest BCUT2D eigenvalue weighted by Gasteiger charge is -2.40. The van der Waals surface area contributed by atoms with Crippen LogP contribution in [0.15, 0.2) is 0 Å². The normalized spacial score (nSPS) is 34.1. The van der Waals surface area contributed by atoms with Crippen LogP contribution < -0.4 is 5.32 Å². The van der Waals surface area contributed by atoms with Crippen molar-refractivity contribution >= 4 is 0 Å². The second-order valence-corrected chi connectivity index (χ2v) is 8.11. The summed E-state index contributed by atoms with van der Waals surface area (Å²) in [6.07, 6.45) is 16.3. The minimum absolute atomic E-state index is 0.849. The lowest BCUT2D eigenvalue weighted by molar-refractivity contribution is 0.139. The van der Waals surface area contributed by atoms with Crippen LogP contribution in [0.2, 0.25) is 0 Å². The Bertz CT molecular complexity index is 290. The molecule has 0 aromatic carbocycles. The summed E-state index contributed by atoms with van der Waals surface area (Å²) in [5.41, 5.74) is 0. The van der Waals surface area contributed by atoms with Crippen LogP contribution in [0.3, 0.4) is 0 Å². The molecule has 0 radical (unpaired) electrons. The lowest BCUT2D eigenvalue weighted by atomic mass is 9.71. The number of hydrogen-bond acceptors (Lipinski definition) is 2. The van der Waals surface area contributed by atoms with E-state index < -0.39 is 0 Å². The van der Waals surface area contributed by atoms with Crippen LogP contribution in [0.1, 0.15) is 70.6 Å². The molecule has 0 spiro atoms. The van der Waals surface area contributed by atoms with Gasteiger partial charge in [-0.1, -0.05) is 44.9 Å². The first kappa shape index (κ1) is 15.8. The van der Waals surface area contributed by atoms with Crippen LogP contribution in [-0.2, 0) is 0 Å². The molecule has 3 rings (SSSR count). The summed E-state index contributed by atoms with van der Waals surface area (Å²) in [5, 5.41) is 4.04. The van der Waals surface area contributed by atoms with Crippen LogP contribution in [-0.4, -0.2) is 37.6 Å². The van der Waals surface area contributed by atoms with Gasteiger partial charge < -0.3 is 10.2 Å². The van der Waals surface area contributed by atoms with Gasteiger partial charge in [0, 0.05) is 6.04 Å². The van der Waals surface area contributed by atoms with Crippen molar-refractivity contribution in [2.75, 3.05) is 26.7 Å². The fraction of sp³-hybridized carbons (Fsp3) is 1.00. The first-order valence-corrected chi connectivity index (χ1v) is 9.75. The Kier molecular flexibility index (Phi) is 5.99. The fourth-order valence-electron chi connectivity index (χ4n) is 5.12. The molecule has 2 unspecified atom stereocenters. The molecule has 3 fully saturated rings. The monoisotopic (exact) mass is 292 g/mol. The average Bonchev–Trinajstić information content (AvgIpc) is 2.55. The summed E-state index contributed by atoms with van der Waals surface area (Å²) in [6, 6.07) is 0.849. The molecule has 2 saturated carbocycles. The van der Waals surface area contributed by atoms with E-state index in [1.165, 1.54) is 90.3 Å². The van der Waals surface area contributed by atoms with Gasteiger partial charge in [-0.25, -0.2) is 0 Å². The van der Waals surface area contributed by atoms with E-state index in [0.29, 0.717) is 0 Å². The maximum Gasteiger partial charge on any atom is 0.00980 e. The van der Waals surface area contributed by atoms with E-state index >= 15 is 0 Å². The molecule has 2 heteroatoms. The Labute approximate surface area is 132 Å². The van der Waals surface area contributed by atoms with E-state index in [9.17, 15) is 0 Å². The predicted octanol–water partition coefficient (Wildman–Crippen LogP) is 4.06. The third-order valence-electron chi connectivity index (χ3n) is 6.58. The van der Waals surface area contributed by atoms with E-state index in [1.54, 1.807) is 0 Å². The molecule has 2 aliphatic carbocycles. The molecular formula is C19H36N2. The topological polar surface area (TPSA) is 15.3 Å². The van der Waals surface area contributed by atoms with Crippen molar-refractivity contribution in [3.05, 3.63) is 0 Å². The van der Waals surface area contributed by atoms with Crippen LogP contribution in [0.5, 0.6) is 0 Å². The summed E-state index contributed by atoms with van der Waals surface area (Å²) in [5.74, 6) is 2.99. The van der Waals surface area contributed by atoms with Gasteiger partial charge >= 0.3 is 0 Å². The summed E-state index contributed by atoms with van der Waals surface area (Å²) < 4.78 is 0. The van der Waals surface area contributed by atoms with Crippen molar-refractivity contribution in [2.24, 2.45) is 17.8 Å². The van der Waals surface area contributed by atoms with Crippen molar-refractivity contribution in [1.82, 2.24) is 10.2 Å². The molecule has 1 saturated heterocycles. The van der Waals surface area contributed by atoms with Gasteiger partial charge in [0.05, 0.1) is 0 Å². The number of hydrogen-bond donors (Lipinski definition) is 1. The number of nitrogens with zero attached hydrogens (tertiary/aromatic N) is 1. The molecular weight excluding hydrogens is 256 g/mol. The highest BCUT2D eigenvalue weighted by atomic mass is 15.1. The molecule has 3 aliphatic rings. The Morgan fingerprint density at radius 1 is 0.810 bits per heavy atom. The molecule has 0 bridgehead atoms. The molecule has 0 aromatic rings. The SMILES string of the molecule is CN1CCC(CNC2CCCCC2C2CCCCC2)CC1. The van der Waals surface area contributed by atoms with E-state index in [1.807, 2.05) is 0 Å². The second-order valence-electron chi connectivity index (χ2n) is 8.11. The molecule has 1 heterocycles. The standard InChI is InChI=1S/C19H36N2/c1-21-13-11-16(12-14-21)15-20-19-10-6-5-9-18(19)17-7-3-2-4-8-17/h16-20H,2-15H2,1H3. The zero-order chi connectivity index (χ0) is 14.5. The molecule has 2 nitrogen and oxygen atoms in total. The van der Waals surface area contributed by atoms with Crippen molar-refractivity contribution < 1.29 is 0 Å². The Balaban J connectivity index is 1.47. The number of nitrogens with one attached hydrogen (secondary N) is 1. The smallest absolute Gasteiger partial charge is 0.00980 e. The maximum atomic E-state index is 4.04. The molecule has 122 valence electrons. The third kappa shape index (κ3) is 4.45. The molecule has 0 amide bonds. The highest BCUT2D eigenvalue weighted by molar-refractivity contribution is 4.87. The zero-order valence-corrected chi connectivity index (χ0v) is 14.2. The number of rotatable bonds is 4. The Morgan fingerprint density at radius 2 is 1.48 bits per heavy atom. The van der Waals surface area contributed by atoms with Gasteiger partial charge in [0.2, 0.25) is 0 Å². The van der Waals surface area contributed by atoms with E-state index in [-0.39, 0.29) is 0 Å². The zero-order valence-electron chi connectivity index (χ0n) is 14.2. The summed E-state index contributed by atoms with van der Waals surface area (Å²) >= 11 is 0. The largest absolute Gasteiger partial charge is 0.313 e. The first-order chi connectivity index (χ1) is 10.3. The van der Waals surface area contributed by atoms with Crippen molar-refractivity contribution in [3.8, 4) is 0 Å². The minimum Gasteiger partial charge on any atom is -0.313 e. The van der Waals surface area contributed by atoms with E-state index in [0.717, 1.165) is 23.8 Å². The van der Waals surface area contributed by atoms with Gasteiger partial charge in [-0.05, 0) is 70.1 Å². The van der Waals surface area contributed by atoms with Gasteiger partial charge in [-0.2, -0.15) is 0 Å². The second kappa shape index (κ2) is 7.97. The lowest BCUT2D eigenvalue weighted by Crippen LogP contribution is -2.45. The molecule has 2 atom stereocenters. The number of piperidine rings is 1. The van der Waals surface area contributed by atoms with E-state index in [4.69, 9.17) is 0 Å². The molecule has 1 N–H and O–H groups in total. The maximum absolute atomic E-state index is 4.04. The fourth-order valence-corrected chi connectivity index (χ4v) is 5.12. The van der Waals surface area contributed by atoms with Crippen molar-refractivity contribution in [3.63, 3.8) is 0 Å². The van der Waals surface area contributed by atoms with Gasteiger partial charge in [-0.15, -0.1) is 0 Å². The third-order valence-corrected chi connectivity index (χ3v) is 6.58. The summed E-state index contributed by atoms with van der Waals surface area (Å²) in [7, 11) is 2.27. The van der Waals surface area contributed by atoms with Gasteiger partial charge in [0.1, 0.15) is 0 Å². The predicted molar refractivity (Wildman–Crippen MR) is 90.5 cm³/mol. The highest BCUT2D eigenvalue weighted by Crippen LogP contribution is 2.38. The van der Waals surface area contributed by atoms with Crippen LogP contribution in [0.25, 0.3) is 0 Å². The van der Waals surface area contributed by atoms with Gasteiger partial charge in [0.15, 0.2) is 0 Å². The van der Waals surface area contributed by atoms with Gasteiger partial charge in [0.25, 0.3) is 0 Å². The Morgan fingerprint density at radius 3 is 2.24 bits per heavy atom. The van der Waals surface area contributed by atoms with Crippen LogP contribution >= 0.6 is 0 Å². The molecule has 0 aromatic heterocycles. The first-order valence-electron chi connectivity index (χ1n) is 9.75. The van der Waals surface area contributed by atoms with Crippen molar-refractivity contribution in [2.45, 2.75) is 76.7 Å². The number of likely N-dealkylation sites (tertiary alicyclic amines) is 1. The van der Waals surface area contributed by atoms with Crippen LogP contribution in [0, 0.1) is 17.8 Å². The molecule has 1 aliphatic heterocycles. The summed E-state index contributed by atoms with van der Waals surface area (Å²) in [4.78, 5) is 2.49. The molecule has 21 heavy (non-hydrogen) atoms. The highest BCUT2D eigenvalue weighted by Gasteiger charge is 2.32. The quantitative estimate of drug-likeness (QED) is 0.840. The van der Waals surface area contributed by atoms with Crippen molar-refractivity contribution in [1.29, 1.82) is 0 Å². The Hall–Kier alpha value is -0.0800. The summed E-state index contributed by atoms with van der Waals surface area (Å²) in [6.45, 7) is 3.91.